The quantitative estimate of drug-likeness (QED) is 0.496. The second-order valence-electron chi connectivity index (χ2n) is 4.77. The van der Waals surface area contributed by atoms with Crippen LogP contribution in [0.15, 0.2) is 10.9 Å². The van der Waals surface area contributed by atoms with Gasteiger partial charge in [-0.1, -0.05) is 17.5 Å². The lowest BCUT2D eigenvalue weighted by molar-refractivity contribution is -0.0470. The normalized spacial score (nSPS) is 31.8. The van der Waals surface area contributed by atoms with E-state index in [2.05, 4.69) is 16.8 Å². The van der Waals surface area contributed by atoms with Crippen LogP contribution < -0.4 is 11.4 Å². The molecule has 8 heteroatoms. The number of aromatic nitrogens is 2. The Labute approximate surface area is 126 Å². The molecule has 2 heterocycles. The average molecular weight is 314 g/mol. The van der Waals surface area contributed by atoms with Gasteiger partial charge in [0.25, 0.3) is 0 Å². The molecule has 1 saturated heterocycles. The second kappa shape index (κ2) is 5.66. The number of anilines is 1. The number of aliphatic hydroxyl groups is 2. The van der Waals surface area contributed by atoms with Gasteiger partial charge in [0.05, 0.1) is 6.61 Å². The number of halogens is 1. The van der Waals surface area contributed by atoms with Crippen molar-refractivity contribution in [2.75, 3.05) is 12.3 Å². The van der Waals surface area contributed by atoms with Gasteiger partial charge in [-0.05, 0) is 19.9 Å². The Morgan fingerprint density at radius 3 is 2.86 bits per heavy atom. The van der Waals surface area contributed by atoms with Crippen molar-refractivity contribution < 1.29 is 14.9 Å². The van der Waals surface area contributed by atoms with Crippen molar-refractivity contribution in [3.63, 3.8) is 0 Å². The molecule has 4 atom stereocenters. The summed E-state index contributed by atoms with van der Waals surface area (Å²) in [4.78, 5) is 14.2. The summed E-state index contributed by atoms with van der Waals surface area (Å²) < 4.78 is 6.70. The lowest BCUT2D eigenvalue weighted by atomic mass is 9.99. The van der Waals surface area contributed by atoms with E-state index in [1.165, 1.54) is 10.6 Å². The summed E-state index contributed by atoms with van der Waals surface area (Å²) in [7, 11) is 0. The largest absolute Gasteiger partial charge is 0.394 e. The maximum atomic E-state index is 12.1. The maximum absolute atomic E-state index is 12.1. The topological polar surface area (TPSA) is 111 Å². The van der Waals surface area contributed by atoms with E-state index in [4.69, 9.17) is 22.1 Å². The number of ether oxygens (including phenoxy) is 1. The minimum absolute atomic E-state index is 0.0766. The summed E-state index contributed by atoms with van der Waals surface area (Å²) in [6.45, 7) is 2.74. The SMILES string of the molecule is CC#CC1(Cl)[C@@H](O)[C@@H](CO)O[C@H]1n1c(C)cc(N)nc1=O. The Morgan fingerprint density at radius 1 is 1.67 bits per heavy atom. The molecule has 1 aliphatic rings. The van der Waals surface area contributed by atoms with E-state index >= 15 is 0 Å². The van der Waals surface area contributed by atoms with Crippen LogP contribution in [-0.4, -0.2) is 43.5 Å². The molecule has 2 rings (SSSR count). The van der Waals surface area contributed by atoms with Crippen LogP contribution in [0.4, 0.5) is 5.82 Å². The van der Waals surface area contributed by atoms with Crippen molar-refractivity contribution in [2.24, 2.45) is 0 Å². The molecule has 1 unspecified atom stereocenters. The fourth-order valence-corrected chi connectivity index (χ4v) is 2.77. The van der Waals surface area contributed by atoms with E-state index in [0.29, 0.717) is 5.69 Å². The highest BCUT2D eigenvalue weighted by atomic mass is 35.5. The molecule has 114 valence electrons. The molecule has 0 amide bonds. The Morgan fingerprint density at radius 2 is 2.33 bits per heavy atom. The number of nitrogens with two attached hydrogens (primary N) is 1. The monoisotopic (exact) mass is 313 g/mol. The van der Waals surface area contributed by atoms with Crippen LogP contribution in [0.2, 0.25) is 0 Å². The zero-order valence-electron chi connectivity index (χ0n) is 11.6. The molecule has 1 fully saturated rings. The molecule has 0 bridgehead atoms. The van der Waals surface area contributed by atoms with Gasteiger partial charge in [0, 0.05) is 5.69 Å². The summed E-state index contributed by atoms with van der Waals surface area (Å²) in [5.41, 5.74) is 5.32. The maximum Gasteiger partial charge on any atom is 0.351 e. The van der Waals surface area contributed by atoms with Crippen molar-refractivity contribution in [3.8, 4) is 11.8 Å². The van der Waals surface area contributed by atoms with E-state index < -0.39 is 35.6 Å². The van der Waals surface area contributed by atoms with E-state index in [1.54, 1.807) is 13.8 Å². The number of nitrogens with zero attached hydrogens (tertiary/aromatic N) is 2. The minimum Gasteiger partial charge on any atom is -0.394 e. The fraction of sp³-hybridized carbons (Fsp3) is 0.538. The Bertz CT molecular complexity index is 666. The smallest absolute Gasteiger partial charge is 0.351 e. The molecule has 0 spiro atoms. The predicted octanol–water partition coefficient (Wildman–Crippen LogP) is -0.615. The van der Waals surface area contributed by atoms with Gasteiger partial charge in [-0.2, -0.15) is 4.98 Å². The zero-order chi connectivity index (χ0) is 15.8. The number of nitrogen functional groups attached to an aromatic ring is 1. The van der Waals surface area contributed by atoms with Crippen molar-refractivity contribution >= 4 is 17.4 Å². The van der Waals surface area contributed by atoms with Crippen molar-refractivity contribution in [1.29, 1.82) is 0 Å². The van der Waals surface area contributed by atoms with Crippen LogP contribution in [-0.2, 0) is 4.74 Å². The number of alkyl halides is 1. The highest BCUT2D eigenvalue weighted by molar-refractivity contribution is 6.27. The zero-order valence-corrected chi connectivity index (χ0v) is 12.3. The molecular weight excluding hydrogens is 298 g/mol. The minimum atomic E-state index is -1.56. The van der Waals surface area contributed by atoms with Gasteiger partial charge in [0.2, 0.25) is 0 Å². The summed E-state index contributed by atoms with van der Waals surface area (Å²) in [6.07, 6.45) is -3.29. The van der Waals surface area contributed by atoms with E-state index in [-0.39, 0.29) is 5.82 Å². The first-order valence-electron chi connectivity index (χ1n) is 6.28. The number of rotatable bonds is 2. The predicted molar refractivity (Wildman–Crippen MR) is 76.7 cm³/mol. The van der Waals surface area contributed by atoms with Gasteiger partial charge < -0.3 is 20.7 Å². The van der Waals surface area contributed by atoms with Gasteiger partial charge in [0.15, 0.2) is 11.1 Å². The standard InChI is InChI=1S/C13H16ClN3O4/c1-3-4-13(14)10(19)8(6-18)21-11(13)17-7(2)5-9(15)16-12(17)20/h5,8,10-11,18-19H,6H2,1-2H3,(H2,15,16,20)/t8-,10+,11-,13?/m1/s1. The van der Waals surface area contributed by atoms with E-state index in [9.17, 15) is 15.0 Å². The number of hydrogen-bond acceptors (Lipinski definition) is 6. The Kier molecular flexibility index (Phi) is 4.25. The van der Waals surface area contributed by atoms with Crippen LogP contribution in [0.3, 0.4) is 0 Å². The number of hydrogen-bond donors (Lipinski definition) is 3. The van der Waals surface area contributed by atoms with Gasteiger partial charge in [-0.15, -0.1) is 5.92 Å². The molecule has 7 nitrogen and oxygen atoms in total. The molecule has 0 aliphatic carbocycles. The van der Waals surface area contributed by atoms with Crippen LogP contribution in [0.5, 0.6) is 0 Å². The van der Waals surface area contributed by atoms with Gasteiger partial charge in [0.1, 0.15) is 18.0 Å². The summed E-state index contributed by atoms with van der Waals surface area (Å²) in [5, 5.41) is 19.5. The Hall–Kier alpha value is -1.59. The highest BCUT2D eigenvalue weighted by Gasteiger charge is 2.56. The summed E-state index contributed by atoms with van der Waals surface area (Å²) >= 11 is 6.40. The highest BCUT2D eigenvalue weighted by Crippen LogP contribution is 2.43. The summed E-state index contributed by atoms with van der Waals surface area (Å²) in [6, 6.07) is 1.49. The third-order valence-electron chi connectivity index (χ3n) is 3.34. The lowest BCUT2D eigenvalue weighted by Crippen LogP contribution is -2.44. The van der Waals surface area contributed by atoms with Gasteiger partial charge >= 0.3 is 5.69 Å². The van der Waals surface area contributed by atoms with Crippen LogP contribution >= 0.6 is 11.6 Å². The Balaban J connectivity index is 2.61. The van der Waals surface area contributed by atoms with Crippen molar-refractivity contribution in [1.82, 2.24) is 9.55 Å². The fourth-order valence-electron chi connectivity index (χ4n) is 2.39. The molecular formula is C13H16ClN3O4. The van der Waals surface area contributed by atoms with Crippen molar-refractivity contribution in [2.45, 2.75) is 37.2 Å². The van der Waals surface area contributed by atoms with Crippen LogP contribution in [0.1, 0.15) is 18.8 Å². The van der Waals surface area contributed by atoms with Gasteiger partial charge in [-0.25, -0.2) is 4.79 Å². The molecule has 1 aliphatic heterocycles. The molecule has 0 radical (unpaired) electrons. The first kappa shape index (κ1) is 15.8. The molecule has 1 aromatic heterocycles. The van der Waals surface area contributed by atoms with E-state index in [0.717, 1.165) is 0 Å². The first-order chi connectivity index (χ1) is 9.85. The second-order valence-corrected chi connectivity index (χ2v) is 5.40. The van der Waals surface area contributed by atoms with Crippen LogP contribution in [0, 0.1) is 18.8 Å². The molecule has 1 aromatic rings. The van der Waals surface area contributed by atoms with Crippen LogP contribution in [0.25, 0.3) is 0 Å². The lowest BCUT2D eigenvalue weighted by Gasteiger charge is -2.26. The molecule has 0 saturated carbocycles. The molecule has 4 N–H and O–H groups in total. The molecule has 0 aromatic carbocycles. The van der Waals surface area contributed by atoms with Gasteiger partial charge in [-0.3, -0.25) is 4.57 Å². The third kappa shape index (κ3) is 2.51. The summed E-state index contributed by atoms with van der Waals surface area (Å²) in [5.74, 6) is 5.35. The third-order valence-corrected chi connectivity index (χ3v) is 3.85. The number of aryl methyl sites for hydroxylation is 1. The molecule has 21 heavy (non-hydrogen) atoms. The number of aliphatic hydroxyl groups excluding tert-OH is 2. The van der Waals surface area contributed by atoms with Crippen molar-refractivity contribution in [3.05, 3.63) is 22.2 Å². The first-order valence-corrected chi connectivity index (χ1v) is 6.65. The average Bonchev–Trinajstić information content (AvgIpc) is 2.63. The van der Waals surface area contributed by atoms with E-state index in [1.807, 2.05) is 0 Å².